The van der Waals surface area contributed by atoms with Crippen LogP contribution in [0.4, 0.5) is 5.69 Å². The molecule has 0 saturated carbocycles. The van der Waals surface area contributed by atoms with Crippen molar-refractivity contribution >= 4 is 62.7 Å². The first-order chi connectivity index (χ1) is 10.6. The van der Waals surface area contributed by atoms with Crippen LogP contribution in [0.3, 0.4) is 0 Å². The summed E-state index contributed by atoms with van der Waals surface area (Å²) in [5.74, 6) is 0. The average Bonchev–Trinajstić information content (AvgIpc) is 2.75. The van der Waals surface area contributed by atoms with E-state index in [1.807, 2.05) is 0 Å². The zero-order chi connectivity index (χ0) is 15.3. The maximum atomic E-state index is 7.87. The van der Waals surface area contributed by atoms with Gasteiger partial charge in [-0.05, 0) is 60.6 Å². The van der Waals surface area contributed by atoms with E-state index in [1.165, 1.54) is 72.9 Å². The van der Waals surface area contributed by atoms with Crippen LogP contribution in [-0.4, -0.2) is 27.9 Å². The van der Waals surface area contributed by atoms with Gasteiger partial charge in [-0.1, -0.05) is 36.2 Å². The summed E-state index contributed by atoms with van der Waals surface area (Å²) in [5.41, 5.74) is 5.99. The summed E-state index contributed by atoms with van der Waals surface area (Å²) in [4.78, 5) is 4.11. The molecule has 1 fully saturated rings. The van der Waals surface area contributed by atoms with Crippen molar-refractivity contribution in [1.29, 1.82) is 5.41 Å². The summed E-state index contributed by atoms with van der Waals surface area (Å²) in [5, 5.41) is 7.87. The molecular formula is C17H16N2S3. The Kier molecular flexibility index (Phi) is 3.67. The minimum atomic E-state index is 0.340. The second-order valence-electron chi connectivity index (χ2n) is 5.98. The number of aryl methyl sites for hydroxylation is 2. The number of allylic oxidation sites excluding steroid dienone is 1. The van der Waals surface area contributed by atoms with Gasteiger partial charge in [0.1, 0.15) is 4.20 Å². The standard InChI is InChI=1S/C17H16N2S3/c18-14-16(20)13(22-17(14)21)9-10-7-11-3-1-5-19-6-2-4-12(8-10)15(11)19/h7-9,18H,1-6H2/b13-9-,18-14?. The van der Waals surface area contributed by atoms with E-state index in [1.54, 1.807) is 0 Å². The van der Waals surface area contributed by atoms with Gasteiger partial charge in [0.15, 0.2) is 0 Å². The molecule has 0 unspecified atom stereocenters. The van der Waals surface area contributed by atoms with Crippen LogP contribution in [0.25, 0.3) is 6.08 Å². The molecule has 0 aliphatic carbocycles. The number of hydrogen-bond donors (Lipinski definition) is 1. The van der Waals surface area contributed by atoms with E-state index in [0.717, 1.165) is 4.91 Å². The molecule has 5 heteroatoms. The summed E-state index contributed by atoms with van der Waals surface area (Å²) in [6.45, 7) is 2.40. The predicted octanol–water partition coefficient (Wildman–Crippen LogP) is 4.19. The average molecular weight is 345 g/mol. The lowest BCUT2D eigenvalue weighted by Crippen LogP contribution is -2.34. The van der Waals surface area contributed by atoms with E-state index < -0.39 is 0 Å². The highest BCUT2D eigenvalue weighted by Gasteiger charge is 2.27. The van der Waals surface area contributed by atoms with Crippen LogP contribution in [0.2, 0.25) is 0 Å². The molecule has 1 aromatic carbocycles. The molecule has 1 N–H and O–H groups in total. The number of nitrogens with zero attached hydrogens (tertiary/aromatic N) is 1. The Bertz CT molecular complexity index is 717. The molecule has 0 aromatic heterocycles. The molecule has 0 spiro atoms. The van der Waals surface area contributed by atoms with Crippen LogP contribution >= 0.6 is 36.2 Å². The van der Waals surface area contributed by atoms with Gasteiger partial charge in [-0.25, -0.2) is 0 Å². The number of benzene rings is 1. The number of thioether (sulfide) groups is 1. The second kappa shape index (κ2) is 5.55. The number of rotatable bonds is 1. The molecule has 22 heavy (non-hydrogen) atoms. The van der Waals surface area contributed by atoms with Gasteiger partial charge in [0.05, 0.1) is 10.6 Å². The normalized spacial score (nSPS) is 22.5. The van der Waals surface area contributed by atoms with Gasteiger partial charge in [0, 0.05) is 23.7 Å². The lowest BCUT2D eigenvalue weighted by Gasteiger charge is -2.37. The van der Waals surface area contributed by atoms with E-state index in [4.69, 9.17) is 29.8 Å². The van der Waals surface area contributed by atoms with Crippen LogP contribution in [-0.2, 0) is 12.8 Å². The Labute approximate surface area is 145 Å². The summed E-state index contributed by atoms with van der Waals surface area (Å²) in [6, 6.07) is 4.61. The molecule has 3 aliphatic rings. The van der Waals surface area contributed by atoms with Gasteiger partial charge in [-0.2, -0.15) is 0 Å². The Morgan fingerprint density at radius 1 is 1.09 bits per heavy atom. The smallest absolute Gasteiger partial charge is 0.102 e. The third kappa shape index (κ3) is 2.36. The summed E-state index contributed by atoms with van der Waals surface area (Å²) in [6.07, 6.45) is 6.94. The predicted molar refractivity (Wildman–Crippen MR) is 104 cm³/mol. The summed E-state index contributed by atoms with van der Waals surface area (Å²) in [7, 11) is 0. The molecule has 3 heterocycles. The summed E-state index contributed by atoms with van der Waals surface area (Å²) >= 11 is 12.0. The third-order valence-electron chi connectivity index (χ3n) is 4.51. The molecule has 2 nitrogen and oxygen atoms in total. The van der Waals surface area contributed by atoms with Crippen molar-refractivity contribution in [3.05, 3.63) is 33.7 Å². The van der Waals surface area contributed by atoms with Crippen molar-refractivity contribution in [3.8, 4) is 0 Å². The fourth-order valence-corrected chi connectivity index (χ4v) is 5.15. The Morgan fingerprint density at radius 3 is 2.27 bits per heavy atom. The first kappa shape index (κ1) is 14.5. The number of anilines is 1. The molecule has 0 atom stereocenters. The molecule has 1 aromatic rings. The third-order valence-corrected chi connectivity index (χ3v) is 6.45. The quantitative estimate of drug-likeness (QED) is 0.610. The molecule has 0 radical (unpaired) electrons. The monoisotopic (exact) mass is 344 g/mol. The SMILES string of the molecule is N=C1C(=S)S/C(=C\c2cc3c4c(c2)CCCN4CCC3)C1=S. The van der Waals surface area contributed by atoms with Gasteiger partial charge >= 0.3 is 0 Å². The van der Waals surface area contributed by atoms with E-state index in [-0.39, 0.29) is 0 Å². The van der Waals surface area contributed by atoms with Crippen molar-refractivity contribution in [2.24, 2.45) is 0 Å². The maximum absolute atomic E-state index is 7.87. The number of thiocarbonyl (C=S) groups is 2. The van der Waals surface area contributed by atoms with Gasteiger partial charge in [-0.15, -0.1) is 0 Å². The second-order valence-corrected chi connectivity index (χ2v) is 8.11. The summed E-state index contributed by atoms with van der Waals surface area (Å²) < 4.78 is 0.599. The van der Waals surface area contributed by atoms with Gasteiger partial charge < -0.3 is 4.90 Å². The minimum Gasteiger partial charge on any atom is -0.371 e. The molecule has 0 bridgehead atoms. The molecule has 0 amide bonds. The molecule has 112 valence electrons. The van der Waals surface area contributed by atoms with Crippen molar-refractivity contribution < 1.29 is 0 Å². The van der Waals surface area contributed by atoms with Crippen molar-refractivity contribution in [2.45, 2.75) is 25.7 Å². The highest BCUT2D eigenvalue weighted by molar-refractivity contribution is 8.31. The van der Waals surface area contributed by atoms with E-state index in [2.05, 4.69) is 23.1 Å². The number of nitrogens with one attached hydrogen (secondary N) is 1. The Hall–Kier alpha value is -1.04. The highest BCUT2D eigenvalue weighted by atomic mass is 32.2. The van der Waals surface area contributed by atoms with E-state index in [0.29, 0.717) is 14.8 Å². The molecule has 4 rings (SSSR count). The zero-order valence-electron chi connectivity index (χ0n) is 12.1. The highest BCUT2D eigenvalue weighted by Crippen LogP contribution is 2.38. The Balaban J connectivity index is 1.77. The Morgan fingerprint density at radius 2 is 1.73 bits per heavy atom. The van der Waals surface area contributed by atoms with Gasteiger partial charge in [0.25, 0.3) is 0 Å². The fourth-order valence-electron chi connectivity index (χ4n) is 3.57. The van der Waals surface area contributed by atoms with Crippen LogP contribution in [0.5, 0.6) is 0 Å². The molecule has 3 aliphatic heterocycles. The van der Waals surface area contributed by atoms with Crippen LogP contribution in [0, 0.1) is 5.41 Å². The number of hydrogen-bond acceptors (Lipinski definition) is 5. The van der Waals surface area contributed by atoms with E-state index in [9.17, 15) is 0 Å². The van der Waals surface area contributed by atoms with Crippen molar-refractivity contribution in [2.75, 3.05) is 18.0 Å². The van der Waals surface area contributed by atoms with Crippen molar-refractivity contribution in [3.63, 3.8) is 0 Å². The van der Waals surface area contributed by atoms with Crippen LogP contribution in [0.1, 0.15) is 29.5 Å². The maximum Gasteiger partial charge on any atom is 0.102 e. The van der Waals surface area contributed by atoms with Crippen LogP contribution < -0.4 is 4.90 Å². The zero-order valence-corrected chi connectivity index (χ0v) is 14.6. The van der Waals surface area contributed by atoms with E-state index >= 15 is 0 Å². The lowest BCUT2D eigenvalue weighted by atomic mass is 9.90. The first-order valence-electron chi connectivity index (χ1n) is 7.61. The molecule has 1 saturated heterocycles. The van der Waals surface area contributed by atoms with Crippen molar-refractivity contribution in [1.82, 2.24) is 0 Å². The van der Waals surface area contributed by atoms with Crippen LogP contribution in [0.15, 0.2) is 17.0 Å². The minimum absolute atomic E-state index is 0.340. The van der Waals surface area contributed by atoms with Gasteiger partial charge in [-0.3, -0.25) is 5.41 Å². The molecular weight excluding hydrogens is 328 g/mol. The lowest BCUT2D eigenvalue weighted by molar-refractivity contribution is 0.634. The largest absolute Gasteiger partial charge is 0.371 e. The van der Waals surface area contributed by atoms with Gasteiger partial charge in [0.2, 0.25) is 0 Å². The fraction of sp³-hybridized carbons (Fsp3) is 0.353. The first-order valence-corrected chi connectivity index (χ1v) is 9.24. The topological polar surface area (TPSA) is 27.1 Å².